The van der Waals surface area contributed by atoms with Crippen LogP contribution in [0.25, 0.3) is 11.1 Å². The molecule has 0 saturated heterocycles. The van der Waals surface area contributed by atoms with Gasteiger partial charge in [0.15, 0.2) is 0 Å². The lowest BCUT2D eigenvalue weighted by molar-refractivity contribution is -0.122. The Morgan fingerprint density at radius 2 is 1.77 bits per heavy atom. The molecular formula is C36H31FN6O5. The van der Waals surface area contributed by atoms with Gasteiger partial charge in [-0.2, -0.15) is 5.26 Å². The molecule has 0 radical (unpaired) electrons. The molecule has 2 aromatic carbocycles. The summed E-state index contributed by atoms with van der Waals surface area (Å²) in [6, 6.07) is 16.7. The molecule has 2 aromatic heterocycles. The van der Waals surface area contributed by atoms with E-state index in [0.717, 1.165) is 17.2 Å². The number of pyridine rings is 2. The minimum Gasteiger partial charge on any atom is -0.459 e. The highest BCUT2D eigenvalue weighted by atomic mass is 19.1. The van der Waals surface area contributed by atoms with Crippen molar-refractivity contribution in [3.63, 3.8) is 0 Å². The van der Waals surface area contributed by atoms with Crippen molar-refractivity contribution in [1.29, 1.82) is 5.26 Å². The van der Waals surface area contributed by atoms with Crippen molar-refractivity contribution in [3.05, 3.63) is 113 Å². The van der Waals surface area contributed by atoms with Crippen molar-refractivity contribution in [1.82, 2.24) is 20.2 Å². The maximum atomic E-state index is 14.8. The zero-order chi connectivity index (χ0) is 33.9. The maximum absolute atomic E-state index is 14.8. The minimum absolute atomic E-state index is 0.0598. The lowest BCUT2D eigenvalue weighted by Gasteiger charge is -2.34. The molecule has 1 fully saturated rings. The molecule has 1 aliphatic carbocycles. The van der Waals surface area contributed by atoms with Gasteiger partial charge in [0.05, 0.1) is 16.8 Å². The predicted octanol–water partition coefficient (Wildman–Crippen LogP) is 4.53. The van der Waals surface area contributed by atoms with Crippen LogP contribution in [0.1, 0.15) is 62.1 Å². The van der Waals surface area contributed by atoms with Crippen LogP contribution in [0.4, 0.5) is 10.1 Å². The molecule has 1 aliphatic heterocycles. The topological polar surface area (TPSA) is 146 Å². The molecule has 0 bridgehead atoms. The largest absolute Gasteiger partial charge is 0.459 e. The summed E-state index contributed by atoms with van der Waals surface area (Å²) in [6.07, 6.45) is 5.47. The molecular weight excluding hydrogens is 615 g/mol. The van der Waals surface area contributed by atoms with Gasteiger partial charge in [-0.3, -0.25) is 19.4 Å². The van der Waals surface area contributed by atoms with Crippen molar-refractivity contribution < 1.29 is 28.3 Å². The second-order valence-electron chi connectivity index (χ2n) is 11.9. The van der Waals surface area contributed by atoms with Crippen LogP contribution in [0.15, 0.2) is 79.3 Å². The van der Waals surface area contributed by atoms with Crippen LogP contribution in [-0.2, 0) is 16.1 Å². The quantitative estimate of drug-likeness (QED) is 0.275. The molecule has 1 atom stereocenters. The molecule has 12 heteroatoms. The first-order valence-electron chi connectivity index (χ1n) is 15.4. The van der Waals surface area contributed by atoms with Crippen molar-refractivity contribution >= 4 is 29.4 Å². The Balaban J connectivity index is 1.09. The number of carbonyl (C=O) groups is 4. The molecule has 1 N–H and O–H groups in total. The van der Waals surface area contributed by atoms with Gasteiger partial charge in [0.25, 0.3) is 11.8 Å². The highest BCUT2D eigenvalue weighted by Gasteiger charge is 2.36. The van der Waals surface area contributed by atoms with E-state index in [0.29, 0.717) is 36.2 Å². The Morgan fingerprint density at radius 1 is 1.00 bits per heavy atom. The third kappa shape index (κ3) is 6.62. The fourth-order valence-electron chi connectivity index (χ4n) is 5.97. The van der Waals surface area contributed by atoms with Crippen LogP contribution in [-0.4, -0.2) is 64.3 Å². The summed E-state index contributed by atoms with van der Waals surface area (Å²) in [5.41, 5.74) is 3.31. The zero-order valence-electron chi connectivity index (χ0n) is 26.2. The van der Waals surface area contributed by atoms with E-state index >= 15 is 0 Å². The van der Waals surface area contributed by atoms with Crippen LogP contribution in [0.5, 0.6) is 0 Å². The third-order valence-corrected chi connectivity index (χ3v) is 8.72. The van der Waals surface area contributed by atoms with Gasteiger partial charge >= 0.3 is 5.97 Å². The third-order valence-electron chi connectivity index (χ3n) is 8.72. The first-order valence-corrected chi connectivity index (χ1v) is 15.4. The van der Waals surface area contributed by atoms with Crippen molar-refractivity contribution in [2.45, 2.75) is 38.5 Å². The number of ether oxygens (including phenoxy) is 1. The van der Waals surface area contributed by atoms with E-state index in [2.05, 4.69) is 15.3 Å². The SMILES string of the molecule is C[C@@H]1C(=O)N(C)c2cc(-c3ccncc3)ccc2C(=O)N1Cc1cc(F)cc(C(=O)NCC2CC(OC(=O)c3ccnc(C#N)c3)C2)c1. The summed E-state index contributed by atoms with van der Waals surface area (Å²) in [4.78, 5) is 63.4. The maximum Gasteiger partial charge on any atom is 0.338 e. The Morgan fingerprint density at radius 3 is 2.52 bits per heavy atom. The van der Waals surface area contributed by atoms with Gasteiger partial charge in [0, 0.05) is 44.3 Å². The van der Waals surface area contributed by atoms with Crippen molar-refractivity contribution in [2.75, 3.05) is 18.5 Å². The van der Waals surface area contributed by atoms with Crippen LogP contribution >= 0.6 is 0 Å². The summed E-state index contributed by atoms with van der Waals surface area (Å²) in [5.74, 6) is -2.31. The fraction of sp³-hybridized carbons (Fsp3) is 0.250. The molecule has 0 spiro atoms. The van der Waals surface area contributed by atoms with Gasteiger partial charge in [-0.25, -0.2) is 14.2 Å². The molecule has 48 heavy (non-hydrogen) atoms. The standard InChI is InChI=1S/C36H31FN6O5/c1-21-34(45)42(2)32-17-25(24-5-8-39-9-6-24)3-4-31(32)35(46)43(21)20-23-11-27(15-28(37)12-23)33(44)41-19-22-13-30(14-22)48-36(47)26-7-10-40-29(16-26)18-38/h3-12,15-17,21-22,30H,13-14,19-20H2,1-2H3,(H,41,44)/t21-,22?,30?/m1/s1. The first kappa shape index (κ1) is 32.0. The van der Waals surface area contributed by atoms with Gasteiger partial charge in [0.2, 0.25) is 5.91 Å². The number of hydrogen-bond acceptors (Lipinski definition) is 8. The molecule has 3 heterocycles. The van der Waals surface area contributed by atoms with Gasteiger partial charge in [0.1, 0.15) is 29.7 Å². The highest BCUT2D eigenvalue weighted by Crippen LogP contribution is 2.33. The number of aromatic nitrogens is 2. The van der Waals surface area contributed by atoms with Crippen LogP contribution in [0, 0.1) is 23.1 Å². The molecule has 3 amide bonds. The fourth-order valence-corrected chi connectivity index (χ4v) is 5.97. The number of likely N-dealkylation sites (N-methyl/N-ethyl adjacent to an activating group) is 1. The van der Waals surface area contributed by atoms with Gasteiger partial charge < -0.3 is 19.9 Å². The summed E-state index contributed by atoms with van der Waals surface area (Å²) in [5, 5.41) is 11.8. The smallest absolute Gasteiger partial charge is 0.338 e. The number of fused-ring (bicyclic) bond motifs is 1. The predicted molar refractivity (Wildman–Crippen MR) is 172 cm³/mol. The molecule has 0 unspecified atom stereocenters. The molecule has 2 aliphatic rings. The summed E-state index contributed by atoms with van der Waals surface area (Å²) >= 11 is 0. The second-order valence-corrected chi connectivity index (χ2v) is 11.9. The van der Waals surface area contributed by atoms with Crippen molar-refractivity contribution in [3.8, 4) is 17.2 Å². The van der Waals surface area contributed by atoms with E-state index < -0.39 is 23.7 Å². The molecule has 242 valence electrons. The Bertz CT molecular complexity index is 1960. The van der Waals surface area contributed by atoms with Crippen LogP contribution < -0.4 is 10.2 Å². The van der Waals surface area contributed by atoms with E-state index in [-0.39, 0.29) is 47.2 Å². The number of nitrogens with zero attached hydrogens (tertiary/aromatic N) is 5. The van der Waals surface area contributed by atoms with E-state index in [1.165, 1.54) is 40.3 Å². The number of carbonyl (C=O) groups excluding carboxylic acids is 4. The molecule has 6 rings (SSSR count). The average Bonchev–Trinajstić information content (AvgIpc) is 3.15. The summed E-state index contributed by atoms with van der Waals surface area (Å²) < 4.78 is 20.3. The minimum atomic E-state index is -0.854. The van der Waals surface area contributed by atoms with E-state index in [1.54, 1.807) is 38.5 Å². The Kier molecular flexibility index (Phi) is 8.94. The van der Waals surface area contributed by atoms with E-state index in [4.69, 9.17) is 10.00 Å². The number of rotatable bonds is 8. The number of halogens is 1. The monoisotopic (exact) mass is 646 g/mol. The Hall–Kier alpha value is -5.96. The number of nitrogens with one attached hydrogen (secondary N) is 1. The Labute approximate surface area is 276 Å². The number of amides is 3. The number of nitriles is 1. The number of anilines is 1. The number of hydrogen-bond donors (Lipinski definition) is 1. The molecule has 11 nitrogen and oxygen atoms in total. The van der Waals surface area contributed by atoms with Gasteiger partial charge in [-0.1, -0.05) is 6.07 Å². The van der Waals surface area contributed by atoms with Gasteiger partial charge in [-0.15, -0.1) is 0 Å². The van der Waals surface area contributed by atoms with Crippen molar-refractivity contribution in [2.24, 2.45) is 5.92 Å². The zero-order valence-corrected chi connectivity index (χ0v) is 26.2. The van der Waals surface area contributed by atoms with Crippen LogP contribution in [0.2, 0.25) is 0 Å². The average molecular weight is 647 g/mol. The summed E-state index contributed by atoms with van der Waals surface area (Å²) in [7, 11) is 1.62. The molecule has 1 saturated carbocycles. The molecule has 4 aromatic rings. The second kappa shape index (κ2) is 13.4. The summed E-state index contributed by atoms with van der Waals surface area (Å²) in [6.45, 7) is 1.84. The van der Waals surface area contributed by atoms with Gasteiger partial charge in [-0.05, 0) is 97.0 Å². The number of benzene rings is 2. The highest BCUT2D eigenvalue weighted by molar-refractivity contribution is 6.11. The first-order chi connectivity index (χ1) is 23.1. The lowest BCUT2D eigenvalue weighted by atomic mass is 9.82. The number of esters is 1. The van der Waals surface area contributed by atoms with E-state index in [9.17, 15) is 23.6 Å². The normalized spacial score (nSPS) is 18.7. The van der Waals surface area contributed by atoms with Crippen LogP contribution in [0.3, 0.4) is 0 Å². The lowest BCUT2D eigenvalue weighted by Crippen LogP contribution is -2.45. The van der Waals surface area contributed by atoms with E-state index in [1.807, 2.05) is 24.3 Å².